The molecule has 0 unspecified atom stereocenters. The van der Waals surface area contributed by atoms with Crippen molar-refractivity contribution in [2.75, 3.05) is 16.2 Å². The van der Waals surface area contributed by atoms with Crippen LogP contribution in [0.4, 0.5) is 15.8 Å². The van der Waals surface area contributed by atoms with Crippen molar-refractivity contribution in [1.29, 1.82) is 0 Å². The zero-order valence-corrected chi connectivity index (χ0v) is 17.3. The van der Waals surface area contributed by atoms with E-state index in [0.29, 0.717) is 12.2 Å². The van der Waals surface area contributed by atoms with Crippen LogP contribution in [0.25, 0.3) is 0 Å². The lowest BCUT2D eigenvalue weighted by Crippen LogP contribution is -2.33. The fraction of sp³-hybridized carbons (Fsp3) is 0.0952. The molecule has 0 aliphatic heterocycles. The molecule has 1 amide bonds. The van der Waals surface area contributed by atoms with Crippen molar-refractivity contribution >= 4 is 38.9 Å². The number of carbonyl (C=O) groups excluding carboxylic acids is 1. The summed E-state index contributed by atoms with van der Waals surface area (Å²) in [5.41, 5.74) is 7.23. The van der Waals surface area contributed by atoms with Crippen molar-refractivity contribution in [3.63, 3.8) is 0 Å². The third-order valence-corrected chi connectivity index (χ3v) is 5.90. The number of halogens is 2. The van der Waals surface area contributed by atoms with Crippen LogP contribution in [0.2, 0.25) is 5.02 Å². The Hall–Kier alpha value is -3.10. The van der Waals surface area contributed by atoms with Gasteiger partial charge in [-0.05, 0) is 42.0 Å². The normalized spacial score (nSPS) is 11.1. The SMILES string of the molecule is NC(=O)CN(Cc1ccccc1)c1cccc(NS(=O)(=O)c2ccc(F)c(Cl)c2)c1. The number of hydrogen-bond acceptors (Lipinski definition) is 4. The lowest BCUT2D eigenvalue weighted by atomic mass is 10.2. The van der Waals surface area contributed by atoms with Crippen LogP contribution in [-0.4, -0.2) is 20.9 Å². The molecule has 156 valence electrons. The highest BCUT2D eigenvalue weighted by atomic mass is 35.5. The van der Waals surface area contributed by atoms with Gasteiger partial charge in [0.15, 0.2) is 0 Å². The molecule has 0 saturated carbocycles. The van der Waals surface area contributed by atoms with Crippen molar-refractivity contribution in [3.05, 3.63) is 89.2 Å². The number of amides is 1. The molecule has 0 saturated heterocycles. The number of benzene rings is 3. The van der Waals surface area contributed by atoms with Gasteiger partial charge in [-0.25, -0.2) is 12.8 Å². The summed E-state index contributed by atoms with van der Waals surface area (Å²) in [6, 6.07) is 19.2. The molecular weight excluding hydrogens is 429 g/mol. The monoisotopic (exact) mass is 447 g/mol. The Bertz CT molecular complexity index is 1160. The number of nitrogens with two attached hydrogens (primary N) is 1. The summed E-state index contributed by atoms with van der Waals surface area (Å²) in [4.78, 5) is 13.1. The van der Waals surface area contributed by atoms with E-state index in [4.69, 9.17) is 17.3 Å². The summed E-state index contributed by atoms with van der Waals surface area (Å²) in [5, 5.41) is -0.290. The van der Waals surface area contributed by atoms with E-state index in [-0.39, 0.29) is 22.2 Å². The Morgan fingerprint density at radius 2 is 1.77 bits per heavy atom. The summed E-state index contributed by atoms with van der Waals surface area (Å²) in [6.45, 7) is 0.367. The molecule has 3 aromatic carbocycles. The van der Waals surface area contributed by atoms with Crippen LogP contribution in [0.3, 0.4) is 0 Å². The standard InChI is InChI=1S/C21H19ClFN3O3S/c22-19-12-18(9-10-20(19)23)30(28,29)25-16-7-4-8-17(11-16)26(14-21(24)27)13-15-5-2-1-3-6-15/h1-12,25H,13-14H2,(H2,24,27). The first-order chi connectivity index (χ1) is 14.2. The molecule has 0 aliphatic carbocycles. The average molecular weight is 448 g/mol. The molecule has 3 N–H and O–H groups in total. The third-order valence-electron chi connectivity index (χ3n) is 4.23. The summed E-state index contributed by atoms with van der Waals surface area (Å²) < 4.78 is 41.1. The van der Waals surface area contributed by atoms with Gasteiger partial charge < -0.3 is 10.6 Å². The Labute approximate surface area is 179 Å². The molecule has 0 aliphatic rings. The van der Waals surface area contributed by atoms with Crippen LogP contribution in [0.1, 0.15) is 5.56 Å². The molecule has 0 atom stereocenters. The van der Waals surface area contributed by atoms with E-state index in [9.17, 15) is 17.6 Å². The van der Waals surface area contributed by atoms with Crippen molar-refractivity contribution in [3.8, 4) is 0 Å². The smallest absolute Gasteiger partial charge is 0.261 e. The second-order valence-corrected chi connectivity index (χ2v) is 8.63. The second-order valence-electron chi connectivity index (χ2n) is 6.54. The van der Waals surface area contributed by atoms with Crippen molar-refractivity contribution in [2.45, 2.75) is 11.4 Å². The van der Waals surface area contributed by atoms with Crippen molar-refractivity contribution in [2.24, 2.45) is 5.73 Å². The molecule has 0 bridgehead atoms. The second kappa shape index (κ2) is 9.15. The van der Waals surface area contributed by atoms with Crippen LogP contribution >= 0.6 is 11.6 Å². The summed E-state index contributed by atoms with van der Waals surface area (Å²) >= 11 is 5.70. The van der Waals surface area contributed by atoms with Crippen molar-refractivity contribution < 1.29 is 17.6 Å². The minimum Gasteiger partial charge on any atom is -0.368 e. The van der Waals surface area contributed by atoms with E-state index in [1.807, 2.05) is 30.3 Å². The van der Waals surface area contributed by atoms with E-state index in [1.165, 1.54) is 0 Å². The number of nitrogens with one attached hydrogen (secondary N) is 1. The molecular formula is C21H19ClFN3O3S. The maximum absolute atomic E-state index is 13.3. The van der Waals surface area contributed by atoms with E-state index in [2.05, 4.69) is 4.72 Å². The summed E-state index contributed by atoms with van der Waals surface area (Å²) in [7, 11) is -3.99. The molecule has 0 fully saturated rings. The first-order valence-electron chi connectivity index (χ1n) is 8.90. The predicted molar refractivity (Wildman–Crippen MR) is 115 cm³/mol. The number of hydrogen-bond donors (Lipinski definition) is 2. The van der Waals surface area contributed by atoms with Crippen LogP contribution in [0, 0.1) is 5.82 Å². The molecule has 0 radical (unpaired) electrons. The van der Waals surface area contributed by atoms with Gasteiger partial charge >= 0.3 is 0 Å². The maximum Gasteiger partial charge on any atom is 0.261 e. The fourth-order valence-electron chi connectivity index (χ4n) is 2.85. The fourth-order valence-corrected chi connectivity index (χ4v) is 4.18. The number of rotatable bonds is 8. The number of carbonyl (C=O) groups is 1. The van der Waals surface area contributed by atoms with Crippen LogP contribution in [0.5, 0.6) is 0 Å². The number of anilines is 2. The Morgan fingerprint density at radius 3 is 2.43 bits per heavy atom. The minimum absolute atomic E-state index is 0.0430. The molecule has 0 spiro atoms. The highest BCUT2D eigenvalue weighted by molar-refractivity contribution is 7.92. The molecule has 0 heterocycles. The van der Waals surface area contributed by atoms with Gasteiger partial charge in [-0.3, -0.25) is 9.52 Å². The zero-order valence-electron chi connectivity index (χ0n) is 15.8. The maximum atomic E-state index is 13.3. The number of sulfonamides is 1. The van der Waals surface area contributed by atoms with Gasteiger partial charge in [0.05, 0.1) is 22.2 Å². The number of primary amides is 1. The van der Waals surface area contributed by atoms with Gasteiger partial charge in [-0.1, -0.05) is 48.0 Å². The Balaban J connectivity index is 1.87. The molecule has 3 rings (SSSR count). The zero-order chi connectivity index (χ0) is 21.7. The minimum atomic E-state index is -3.99. The van der Waals surface area contributed by atoms with Crippen LogP contribution < -0.4 is 15.4 Å². The van der Waals surface area contributed by atoms with Crippen LogP contribution in [-0.2, 0) is 21.4 Å². The molecule has 3 aromatic rings. The topological polar surface area (TPSA) is 92.5 Å². The highest BCUT2D eigenvalue weighted by Crippen LogP contribution is 2.25. The van der Waals surface area contributed by atoms with Gasteiger partial charge in [0.25, 0.3) is 10.0 Å². The third kappa shape index (κ3) is 5.49. The quantitative estimate of drug-likeness (QED) is 0.549. The van der Waals surface area contributed by atoms with E-state index in [1.54, 1.807) is 29.2 Å². The average Bonchev–Trinajstić information content (AvgIpc) is 2.70. The molecule has 9 heteroatoms. The number of nitrogens with zero attached hydrogens (tertiary/aromatic N) is 1. The summed E-state index contributed by atoms with van der Waals surface area (Å²) in [5.74, 6) is -1.22. The first kappa shape index (κ1) is 21.6. The van der Waals surface area contributed by atoms with Gasteiger partial charge in [-0.15, -0.1) is 0 Å². The first-order valence-corrected chi connectivity index (χ1v) is 10.8. The lowest BCUT2D eigenvalue weighted by molar-refractivity contribution is -0.116. The van der Waals surface area contributed by atoms with E-state index in [0.717, 1.165) is 23.8 Å². The highest BCUT2D eigenvalue weighted by Gasteiger charge is 2.17. The van der Waals surface area contributed by atoms with Gasteiger partial charge in [0, 0.05) is 12.2 Å². The largest absolute Gasteiger partial charge is 0.368 e. The lowest BCUT2D eigenvalue weighted by Gasteiger charge is -2.24. The Morgan fingerprint density at radius 1 is 1.03 bits per heavy atom. The van der Waals surface area contributed by atoms with E-state index < -0.39 is 21.7 Å². The van der Waals surface area contributed by atoms with Crippen LogP contribution in [0.15, 0.2) is 77.7 Å². The molecule has 30 heavy (non-hydrogen) atoms. The van der Waals surface area contributed by atoms with E-state index >= 15 is 0 Å². The predicted octanol–water partition coefficient (Wildman–Crippen LogP) is 3.77. The van der Waals surface area contributed by atoms with Crippen molar-refractivity contribution in [1.82, 2.24) is 0 Å². The van der Waals surface area contributed by atoms with Gasteiger partial charge in [0.2, 0.25) is 5.91 Å². The summed E-state index contributed by atoms with van der Waals surface area (Å²) in [6.07, 6.45) is 0. The molecule has 6 nitrogen and oxygen atoms in total. The Kier molecular flexibility index (Phi) is 6.59. The molecule has 0 aromatic heterocycles. The van der Waals surface area contributed by atoms with Gasteiger partial charge in [0.1, 0.15) is 5.82 Å². The van der Waals surface area contributed by atoms with Gasteiger partial charge in [-0.2, -0.15) is 0 Å².